The van der Waals surface area contributed by atoms with E-state index in [9.17, 15) is 4.79 Å². The molecule has 2 rings (SSSR count). The molecule has 1 aromatic rings. The molecule has 3 heteroatoms. The fourth-order valence-electron chi connectivity index (χ4n) is 2.54. The molecule has 20 heavy (non-hydrogen) atoms. The number of amides is 1. The third-order valence-corrected chi connectivity index (χ3v) is 3.86. The maximum Gasteiger partial charge on any atom is 0.223 e. The molecule has 1 saturated carbocycles. The van der Waals surface area contributed by atoms with Crippen molar-refractivity contribution in [1.29, 1.82) is 0 Å². The highest BCUT2D eigenvalue weighted by Crippen LogP contribution is 2.29. The molecule has 1 aromatic carbocycles. The maximum atomic E-state index is 12.4. The molecule has 1 aliphatic carbocycles. The first-order chi connectivity index (χ1) is 9.70. The summed E-state index contributed by atoms with van der Waals surface area (Å²) in [6.07, 6.45) is 7.63. The van der Waals surface area contributed by atoms with Gasteiger partial charge in [-0.15, -0.1) is 0 Å². The minimum absolute atomic E-state index is 0.311. The van der Waals surface area contributed by atoms with Crippen LogP contribution in [0.15, 0.2) is 24.3 Å². The molecule has 0 aromatic heterocycles. The Bertz CT molecular complexity index is 440. The standard InChI is InChI=1S/C17H26N2O/c1-2-3-4-5-9-17(20)19(16-10-11-16)13-14-7-6-8-15(18)12-14/h6-8,12,16H,2-5,9-11,13,18H2,1H3. The molecular weight excluding hydrogens is 248 g/mol. The molecule has 0 bridgehead atoms. The molecule has 110 valence electrons. The van der Waals surface area contributed by atoms with Crippen molar-refractivity contribution in [3.05, 3.63) is 29.8 Å². The van der Waals surface area contributed by atoms with Crippen LogP contribution in [0.4, 0.5) is 5.69 Å². The Labute approximate surface area is 122 Å². The number of anilines is 1. The smallest absolute Gasteiger partial charge is 0.223 e. The lowest BCUT2D eigenvalue weighted by Gasteiger charge is -2.23. The van der Waals surface area contributed by atoms with Gasteiger partial charge in [-0.2, -0.15) is 0 Å². The van der Waals surface area contributed by atoms with Gasteiger partial charge in [0, 0.05) is 24.7 Å². The summed E-state index contributed by atoms with van der Waals surface area (Å²) in [7, 11) is 0. The van der Waals surface area contributed by atoms with E-state index in [-0.39, 0.29) is 0 Å². The van der Waals surface area contributed by atoms with Gasteiger partial charge in [-0.1, -0.05) is 38.3 Å². The van der Waals surface area contributed by atoms with E-state index in [1.54, 1.807) is 0 Å². The molecule has 0 saturated heterocycles. The van der Waals surface area contributed by atoms with Crippen LogP contribution in [-0.4, -0.2) is 16.8 Å². The monoisotopic (exact) mass is 274 g/mol. The highest BCUT2D eigenvalue weighted by atomic mass is 16.2. The number of rotatable bonds is 8. The van der Waals surface area contributed by atoms with Gasteiger partial charge in [0.05, 0.1) is 0 Å². The van der Waals surface area contributed by atoms with Crippen molar-refractivity contribution in [2.75, 3.05) is 5.73 Å². The van der Waals surface area contributed by atoms with E-state index in [4.69, 9.17) is 5.73 Å². The third-order valence-electron chi connectivity index (χ3n) is 3.86. The Morgan fingerprint density at radius 2 is 2.10 bits per heavy atom. The van der Waals surface area contributed by atoms with Gasteiger partial charge in [0.15, 0.2) is 0 Å². The summed E-state index contributed by atoms with van der Waals surface area (Å²) in [5, 5.41) is 0. The molecule has 3 nitrogen and oxygen atoms in total. The highest BCUT2D eigenvalue weighted by Gasteiger charge is 2.32. The van der Waals surface area contributed by atoms with Gasteiger partial charge in [0.25, 0.3) is 0 Å². The second-order valence-corrected chi connectivity index (χ2v) is 5.81. The molecule has 1 aliphatic rings. The number of nitrogen functional groups attached to an aromatic ring is 1. The zero-order chi connectivity index (χ0) is 14.4. The topological polar surface area (TPSA) is 46.3 Å². The van der Waals surface area contributed by atoms with Gasteiger partial charge in [0.1, 0.15) is 0 Å². The van der Waals surface area contributed by atoms with Gasteiger partial charge >= 0.3 is 0 Å². The van der Waals surface area contributed by atoms with E-state index in [1.807, 2.05) is 18.2 Å². The average molecular weight is 274 g/mol. The molecule has 0 heterocycles. The van der Waals surface area contributed by atoms with E-state index in [1.165, 1.54) is 19.3 Å². The molecule has 2 N–H and O–H groups in total. The van der Waals surface area contributed by atoms with Crippen LogP contribution in [0, 0.1) is 0 Å². The molecule has 0 atom stereocenters. The van der Waals surface area contributed by atoms with E-state index in [0.717, 1.165) is 30.5 Å². The van der Waals surface area contributed by atoms with Gasteiger partial charge in [-0.05, 0) is 37.0 Å². The van der Waals surface area contributed by atoms with Gasteiger partial charge in [-0.3, -0.25) is 4.79 Å². The number of nitrogens with two attached hydrogens (primary N) is 1. The number of unbranched alkanes of at least 4 members (excludes halogenated alkanes) is 3. The van der Waals surface area contributed by atoms with Crippen molar-refractivity contribution in [2.24, 2.45) is 0 Å². The fraction of sp³-hybridized carbons (Fsp3) is 0.588. The Kier molecular flexibility index (Phi) is 5.45. The van der Waals surface area contributed by atoms with Crippen LogP contribution in [0.1, 0.15) is 57.4 Å². The van der Waals surface area contributed by atoms with E-state index < -0.39 is 0 Å². The minimum atomic E-state index is 0.311. The highest BCUT2D eigenvalue weighted by molar-refractivity contribution is 5.76. The Morgan fingerprint density at radius 3 is 2.75 bits per heavy atom. The van der Waals surface area contributed by atoms with Crippen molar-refractivity contribution >= 4 is 11.6 Å². The number of nitrogens with zero attached hydrogens (tertiary/aromatic N) is 1. The molecule has 0 aliphatic heterocycles. The zero-order valence-electron chi connectivity index (χ0n) is 12.5. The summed E-state index contributed by atoms with van der Waals surface area (Å²) >= 11 is 0. The first-order valence-electron chi connectivity index (χ1n) is 7.84. The predicted octanol–water partition coefficient (Wildman–Crippen LogP) is 3.73. The lowest BCUT2D eigenvalue weighted by molar-refractivity contribution is -0.132. The number of hydrogen-bond donors (Lipinski definition) is 1. The van der Waals surface area contributed by atoms with Crippen LogP contribution in [0.25, 0.3) is 0 Å². The quantitative estimate of drug-likeness (QED) is 0.580. The van der Waals surface area contributed by atoms with Crippen molar-refractivity contribution in [2.45, 2.75) is 64.5 Å². The summed E-state index contributed by atoms with van der Waals surface area (Å²) in [6.45, 7) is 2.90. The SMILES string of the molecule is CCCCCCC(=O)N(Cc1cccc(N)c1)C1CC1. The summed E-state index contributed by atoms with van der Waals surface area (Å²) in [5.41, 5.74) is 7.72. The lowest BCUT2D eigenvalue weighted by Crippen LogP contribution is -2.32. The van der Waals surface area contributed by atoms with E-state index in [0.29, 0.717) is 24.9 Å². The van der Waals surface area contributed by atoms with Crippen molar-refractivity contribution in [3.63, 3.8) is 0 Å². The van der Waals surface area contributed by atoms with Crippen molar-refractivity contribution < 1.29 is 4.79 Å². The molecule has 0 unspecified atom stereocenters. The van der Waals surface area contributed by atoms with Gasteiger partial charge in [-0.25, -0.2) is 0 Å². The normalized spacial score (nSPS) is 14.2. The minimum Gasteiger partial charge on any atom is -0.399 e. The number of benzene rings is 1. The van der Waals surface area contributed by atoms with Crippen LogP contribution in [0.3, 0.4) is 0 Å². The fourth-order valence-corrected chi connectivity index (χ4v) is 2.54. The number of carbonyl (C=O) groups is 1. The van der Waals surface area contributed by atoms with E-state index in [2.05, 4.69) is 17.9 Å². The van der Waals surface area contributed by atoms with Crippen molar-refractivity contribution in [3.8, 4) is 0 Å². The summed E-state index contributed by atoms with van der Waals surface area (Å²) in [6, 6.07) is 8.34. The first-order valence-corrected chi connectivity index (χ1v) is 7.84. The van der Waals surface area contributed by atoms with Crippen LogP contribution in [-0.2, 0) is 11.3 Å². The summed E-state index contributed by atoms with van der Waals surface area (Å²) < 4.78 is 0. The Balaban J connectivity index is 1.88. The molecule has 1 fully saturated rings. The van der Waals surface area contributed by atoms with E-state index >= 15 is 0 Å². The summed E-state index contributed by atoms with van der Waals surface area (Å²) in [4.78, 5) is 14.4. The van der Waals surface area contributed by atoms with Crippen LogP contribution < -0.4 is 5.73 Å². The maximum absolute atomic E-state index is 12.4. The van der Waals surface area contributed by atoms with Gasteiger partial charge < -0.3 is 10.6 Å². The predicted molar refractivity (Wildman–Crippen MR) is 83.2 cm³/mol. The van der Waals surface area contributed by atoms with Crippen LogP contribution >= 0.6 is 0 Å². The molecule has 1 amide bonds. The molecular formula is C17H26N2O. The summed E-state index contributed by atoms with van der Waals surface area (Å²) in [5.74, 6) is 0.311. The average Bonchev–Trinajstić information content (AvgIpc) is 3.25. The lowest BCUT2D eigenvalue weighted by atomic mass is 10.1. The van der Waals surface area contributed by atoms with Crippen LogP contribution in [0.5, 0.6) is 0 Å². The molecule has 0 spiro atoms. The van der Waals surface area contributed by atoms with Gasteiger partial charge in [0.2, 0.25) is 5.91 Å². The first kappa shape index (κ1) is 14.9. The second-order valence-electron chi connectivity index (χ2n) is 5.81. The molecule has 0 radical (unpaired) electrons. The zero-order valence-corrected chi connectivity index (χ0v) is 12.5. The number of hydrogen-bond acceptors (Lipinski definition) is 2. The Morgan fingerprint density at radius 1 is 1.30 bits per heavy atom. The van der Waals surface area contributed by atoms with Crippen molar-refractivity contribution in [1.82, 2.24) is 4.90 Å². The Hall–Kier alpha value is -1.51. The second kappa shape index (κ2) is 7.32. The third kappa shape index (κ3) is 4.55. The number of carbonyl (C=O) groups excluding carboxylic acids is 1. The van der Waals surface area contributed by atoms with Crippen LogP contribution in [0.2, 0.25) is 0 Å². The largest absolute Gasteiger partial charge is 0.399 e.